The molecule has 120 valence electrons. The highest BCUT2D eigenvalue weighted by atomic mass is 35.5. The summed E-state index contributed by atoms with van der Waals surface area (Å²) in [6.45, 7) is 0.821. The Morgan fingerprint density at radius 2 is 2.17 bits per heavy atom. The summed E-state index contributed by atoms with van der Waals surface area (Å²) >= 11 is 7.37. The number of rotatable bonds is 5. The second-order valence-electron chi connectivity index (χ2n) is 5.35. The molecule has 7 heteroatoms. The molecule has 1 fully saturated rings. The van der Waals surface area contributed by atoms with Gasteiger partial charge in [-0.1, -0.05) is 23.7 Å². The Labute approximate surface area is 143 Å². The van der Waals surface area contributed by atoms with Gasteiger partial charge in [0.2, 0.25) is 11.8 Å². The lowest BCUT2D eigenvalue weighted by atomic mass is 10.1. The molecule has 1 aliphatic rings. The van der Waals surface area contributed by atoms with Gasteiger partial charge in [0.1, 0.15) is 11.0 Å². The first-order valence-electron chi connectivity index (χ1n) is 7.33. The molecule has 3 rings (SSSR count). The van der Waals surface area contributed by atoms with E-state index in [9.17, 15) is 9.59 Å². The van der Waals surface area contributed by atoms with Gasteiger partial charge >= 0.3 is 0 Å². The van der Waals surface area contributed by atoms with Gasteiger partial charge in [0.25, 0.3) is 0 Å². The second-order valence-corrected chi connectivity index (χ2v) is 6.76. The van der Waals surface area contributed by atoms with Gasteiger partial charge < -0.3 is 10.2 Å². The predicted molar refractivity (Wildman–Crippen MR) is 89.0 cm³/mol. The minimum absolute atomic E-state index is 0.00866. The van der Waals surface area contributed by atoms with Crippen LogP contribution in [0.15, 0.2) is 35.8 Å². The van der Waals surface area contributed by atoms with Crippen molar-refractivity contribution in [2.24, 2.45) is 0 Å². The monoisotopic (exact) mass is 349 g/mol. The number of thiazole rings is 1. The number of benzene rings is 1. The quantitative estimate of drug-likeness (QED) is 0.902. The Bertz CT molecular complexity index is 688. The summed E-state index contributed by atoms with van der Waals surface area (Å²) in [5.74, 6) is -0.116. The van der Waals surface area contributed by atoms with Crippen molar-refractivity contribution in [2.45, 2.75) is 32.0 Å². The summed E-state index contributed by atoms with van der Waals surface area (Å²) in [5.41, 5.74) is 0.961. The number of hydrogen-bond acceptors (Lipinski definition) is 4. The zero-order valence-corrected chi connectivity index (χ0v) is 13.9. The summed E-state index contributed by atoms with van der Waals surface area (Å²) in [4.78, 5) is 30.3. The topological polar surface area (TPSA) is 62.3 Å². The molecule has 2 heterocycles. The number of amides is 2. The molecule has 1 saturated heterocycles. The molecule has 0 bridgehead atoms. The smallest absolute Gasteiger partial charge is 0.243 e. The van der Waals surface area contributed by atoms with E-state index in [1.54, 1.807) is 23.2 Å². The number of hydrogen-bond donors (Lipinski definition) is 1. The van der Waals surface area contributed by atoms with Crippen molar-refractivity contribution in [2.75, 3.05) is 0 Å². The Morgan fingerprint density at radius 3 is 2.87 bits per heavy atom. The lowest BCUT2D eigenvalue weighted by Gasteiger charge is -2.24. The van der Waals surface area contributed by atoms with E-state index in [4.69, 9.17) is 11.6 Å². The number of aromatic nitrogens is 1. The molecule has 5 nitrogen and oxygen atoms in total. The van der Waals surface area contributed by atoms with Gasteiger partial charge in [0, 0.05) is 29.6 Å². The van der Waals surface area contributed by atoms with Crippen molar-refractivity contribution >= 4 is 34.8 Å². The maximum atomic E-state index is 12.4. The van der Waals surface area contributed by atoms with Crippen LogP contribution < -0.4 is 5.32 Å². The van der Waals surface area contributed by atoms with Crippen LogP contribution in [0.5, 0.6) is 0 Å². The summed E-state index contributed by atoms with van der Waals surface area (Å²) in [5, 5.41) is 6.24. The second kappa shape index (κ2) is 7.10. The van der Waals surface area contributed by atoms with E-state index in [1.165, 1.54) is 11.3 Å². The highest BCUT2D eigenvalue weighted by molar-refractivity contribution is 7.09. The Hall–Kier alpha value is -1.92. The average Bonchev–Trinajstić information content (AvgIpc) is 3.18. The van der Waals surface area contributed by atoms with Gasteiger partial charge in [-0.05, 0) is 24.1 Å². The molecule has 1 aromatic heterocycles. The SMILES string of the molecule is O=C(NCc1nccs1)[C@@H]1CCC(=O)N1Cc1ccc(Cl)cc1. The van der Waals surface area contributed by atoms with E-state index in [2.05, 4.69) is 10.3 Å². The number of nitrogens with one attached hydrogen (secondary N) is 1. The van der Waals surface area contributed by atoms with Crippen LogP contribution in [-0.2, 0) is 22.7 Å². The Balaban J connectivity index is 1.64. The molecule has 2 aromatic rings. The summed E-state index contributed by atoms with van der Waals surface area (Å²) in [6.07, 6.45) is 2.66. The van der Waals surface area contributed by atoms with Crippen LogP contribution in [0.25, 0.3) is 0 Å². The highest BCUT2D eigenvalue weighted by Crippen LogP contribution is 2.22. The first kappa shape index (κ1) is 16.0. The van der Waals surface area contributed by atoms with Crippen molar-refractivity contribution in [3.63, 3.8) is 0 Å². The van der Waals surface area contributed by atoms with E-state index >= 15 is 0 Å². The molecule has 1 aliphatic heterocycles. The zero-order valence-electron chi connectivity index (χ0n) is 12.4. The molecule has 1 aromatic carbocycles. The predicted octanol–water partition coefficient (Wildman–Crippen LogP) is 2.60. The average molecular weight is 350 g/mol. The first-order chi connectivity index (χ1) is 11.1. The normalized spacial score (nSPS) is 17.5. The maximum absolute atomic E-state index is 12.4. The van der Waals surface area contributed by atoms with E-state index in [0.29, 0.717) is 31.0 Å². The van der Waals surface area contributed by atoms with Crippen molar-refractivity contribution in [1.29, 1.82) is 0 Å². The van der Waals surface area contributed by atoms with Crippen LogP contribution >= 0.6 is 22.9 Å². The standard InChI is InChI=1S/C16H16ClN3O2S/c17-12-3-1-11(2-4-12)10-20-13(5-6-15(20)21)16(22)19-9-14-18-7-8-23-14/h1-4,7-8,13H,5-6,9-10H2,(H,19,22)/t13-/m0/s1. The molecule has 0 aliphatic carbocycles. The zero-order chi connectivity index (χ0) is 16.2. The lowest BCUT2D eigenvalue weighted by molar-refractivity contribution is -0.135. The minimum Gasteiger partial charge on any atom is -0.348 e. The van der Waals surface area contributed by atoms with E-state index in [0.717, 1.165) is 10.6 Å². The molecule has 0 spiro atoms. The third kappa shape index (κ3) is 3.89. The minimum atomic E-state index is -0.418. The van der Waals surface area contributed by atoms with Crippen LogP contribution in [0, 0.1) is 0 Å². The molecule has 0 unspecified atom stereocenters. The van der Waals surface area contributed by atoms with Gasteiger partial charge in [0.15, 0.2) is 0 Å². The fourth-order valence-corrected chi connectivity index (χ4v) is 3.29. The molecule has 2 amide bonds. The van der Waals surface area contributed by atoms with Crippen LogP contribution in [0.4, 0.5) is 0 Å². The fraction of sp³-hybridized carbons (Fsp3) is 0.312. The molecule has 23 heavy (non-hydrogen) atoms. The first-order valence-corrected chi connectivity index (χ1v) is 8.59. The van der Waals surface area contributed by atoms with Crippen molar-refractivity contribution in [3.05, 3.63) is 51.4 Å². The van der Waals surface area contributed by atoms with Crippen LogP contribution in [0.2, 0.25) is 5.02 Å². The summed E-state index contributed by atoms with van der Waals surface area (Å²) in [7, 11) is 0. The molecule has 0 saturated carbocycles. The largest absolute Gasteiger partial charge is 0.348 e. The van der Waals surface area contributed by atoms with E-state index < -0.39 is 6.04 Å². The molecular weight excluding hydrogens is 334 g/mol. The van der Waals surface area contributed by atoms with Crippen molar-refractivity contribution in [3.8, 4) is 0 Å². The van der Waals surface area contributed by atoms with Gasteiger partial charge in [-0.2, -0.15) is 0 Å². The van der Waals surface area contributed by atoms with Crippen molar-refractivity contribution in [1.82, 2.24) is 15.2 Å². The summed E-state index contributed by atoms with van der Waals surface area (Å²) < 4.78 is 0. The summed E-state index contributed by atoms with van der Waals surface area (Å²) in [6, 6.07) is 6.90. The lowest BCUT2D eigenvalue weighted by Crippen LogP contribution is -2.44. The van der Waals surface area contributed by atoms with Gasteiger partial charge in [-0.25, -0.2) is 4.98 Å². The molecule has 0 radical (unpaired) electrons. The Kier molecular flexibility index (Phi) is 4.93. The number of carbonyl (C=O) groups is 2. The van der Waals surface area contributed by atoms with Crippen molar-refractivity contribution < 1.29 is 9.59 Å². The molecule has 1 N–H and O–H groups in total. The van der Waals surface area contributed by atoms with Crippen LogP contribution in [0.1, 0.15) is 23.4 Å². The van der Waals surface area contributed by atoms with E-state index in [1.807, 2.05) is 17.5 Å². The van der Waals surface area contributed by atoms with E-state index in [-0.39, 0.29) is 11.8 Å². The van der Waals surface area contributed by atoms with Gasteiger partial charge in [-0.15, -0.1) is 11.3 Å². The number of halogens is 1. The Morgan fingerprint density at radius 1 is 1.39 bits per heavy atom. The molecule has 1 atom stereocenters. The fourth-order valence-electron chi connectivity index (χ4n) is 2.61. The van der Waals surface area contributed by atoms with Gasteiger partial charge in [0.05, 0.1) is 6.54 Å². The molecular formula is C16H16ClN3O2S. The van der Waals surface area contributed by atoms with Crippen LogP contribution in [-0.4, -0.2) is 27.7 Å². The third-order valence-corrected chi connectivity index (χ3v) is 4.83. The number of likely N-dealkylation sites (tertiary alicyclic amines) is 1. The number of carbonyl (C=O) groups excluding carboxylic acids is 2. The maximum Gasteiger partial charge on any atom is 0.243 e. The highest BCUT2D eigenvalue weighted by Gasteiger charge is 2.35. The third-order valence-electron chi connectivity index (χ3n) is 3.79. The van der Waals surface area contributed by atoms with Crippen LogP contribution in [0.3, 0.4) is 0 Å². The van der Waals surface area contributed by atoms with Gasteiger partial charge in [-0.3, -0.25) is 9.59 Å². The number of nitrogens with zero attached hydrogens (tertiary/aromatic N) is 2.